The summed E-state index contributed by atoms with van der Waals surface area (Å²) in [6.07, 6.45) is -2.47. The Morgan fingerprint density at radius 2 is 1.88 bits per heavy atom. The van der Waals surface area contributed by atoms with E-state index in [2.05, 4.69) is 34.4 Å². The van der Waals surface area contributed by atoms with Crippen LogP contribution >= 0.6 is 0 Å². The van der Waals surface area contributed by atoms with E-state index in [1.165, 1.54) is 0 Å². The number of Topliss-reactive ketones (excluding diaryl/α,β-unsaturated/α-hetero) is 1. The van der Waals surface area contributed by atoms with Crippen LogP contribution in [0.3, 0.4) is 0 Å². The molecule has 1 aromatic carbocycles. The van der Waals surface area contributed by atoms with Gasteiger partial charge in [-0.1, -0.05) is 32.0 Å². The maximum absolute atomic E-state index is 13.1. The molecule has 0 unspecified atom stereocenters. The number of nitrogens with zero attached hydrogens (tertiary/aromatic N) is 1. The van der Waals surface area contributed by atoms with E-state index >= 15 is 0 Å². The molecule has 8 heteroatoms. The number of halogens is 3. The van der Waals surface area contributed by atoms with Crippen LogP contribution in [-0.4, -0.2) is 28.5 Å². The summed E-state index contributed by atoms with van der Waals surface area (Å²) in [5.41, 5.74) is 4.32. The first-order valence-corrected chi connectivity index (χ1v) is 10.5. The molecule has 0 amide bonds. The number of hydrogen-bond acceptors (Lipinski definition) is 4. The largest absolute Gasteiger partial charge is 0.390 e. The molecule has 0 aliphatic heterocycles. The molecule has 4 rings (SSSR count). The van der Waals surface area contributed by atoms with E-state index in [1.54, 1.807) is 18.3 Å². The van der Waals surface area contributed by atoms with Crippen molar-refractivity contribution >= 4 is 23.0 Å². The predicted molar refractivity (Wildman–Crippen MR) is 119 cm³/mol. The van der Waals surface area contributed by atoms with Crippen molar-refractivity contribution in [2.75, 3.05) is 17.2 Å². The van der Waals surface area contributed by atoms with Gasteiger partial charge in [-0.15, -0.1) is 0 Å². The molecule has 168 valence electrons. The summed E-state index contributed by atoms with van der Waals surface area (Å²) in [5.74, 6) is 0.409. The number of carbonyl (C=O) groups excluding carboxylic acids is 1. The molecular weight excluding hydrogens is 417 g/mol. The Balaban J connectivity index is 1.72. The summed E-state index contributed by atoms with van der Waals surface area (Å²) in [5, 5.41) is 6.11. The van der Waals surface area contributed by atoms with Crippen molar-refractivity contribution in [3.8, 4) is 11.3 Å². The number of anilines is 3. The van der Waals surface area contributed by atoms with Crippen LogP contribution in [-0.2, 0) is 6.42 Å². The minimum absolute atomic E-state index is 0.0646. The fraction of sp³-hybridized carbons (Fsp3) is 0.333. The molecule has 32 heavy (non-hydrogen) atoms. The number of alkyl halides is 3. The summed E-state index contributed by atoms with van der Waals surface area (Å²) in [6, 6.07) is 13.0. The third-order valence-electron chi connectivity index (χ3n) is 5.46. The van der Waals surface area contributed by atoms with Crippen molar-refractivity contribution in [2.45, 2.75) is 39.3 Å². The molecule has 3 aromatic rings. The van der Waals surface area contributed by atoms with E-state index < -0.39 is 12.6 Å². The molecule has 0 radical (unpaired) electrons. The zero-order valence-electron chi connectivity index (χ0n) is 17.9. The van der Waals surface area contributed by atoms with E-state index in [9.17, 15) is 18.0 Å². The van der Waals surface area contributed by atoms with Crippen LogP contribution < -0.4 is 10.6 Å². The summed E-state index contributed by atoms with van der Waals surface area (Å²) < 4.78 is 37.5. The van der Waals surface area contributed by atoms with Crippen molar-refractivity contribution in [1.82, 2.24) is 9.97 Å². The highest BCUT2D eigenvalue weighted by Crippen LogP contribution is 2.43. The fourth-order valence-corrected chi connectivity index (χ4v) is 4.08. The van der Waals surface area contributed by atoms with Gasteiger partial charge in [0.2, 0.25) is 0 Å². The minimum Gasteiger partial charge on any atom is -0.370 e. The van der Waals surface area contributed by atoms with E-state index in [0.717, 1.165) is 23.4 Å². The Morgan fingerprint density at radius 3 is 2.59 bits per heavy atom. The molecule has 0 atom stereocenters. The van der Waals surface area contributed by atoms with Gasteiger partial charge in [0.25, 0.3) is 0 Å². The molecular formula is C24H25F3N4O. The highest BCUT2D eigenvalue weighted by Gasteiger charge is 2.35. The van der Waals surface area contributed by atoms with Gasteiger partial charge >= 0.3 is 6.18 Å². The number of fused-ring (bicyclic) bond motifs is 1. The lowest BCUT2D eigenvalue weighted by atomic mass is 9.76. The van der Waals surface area contributed by atoms with Crippen molar-refractivity contribution in [2.24, 2.45) is 5.41 Å². The van der Waals surface area contributed by atoms with Gasteiger partial charge in [0.15, 0.2) is 5.78 Å². The van der Waals surface area contributed by atoms with Crippen molar-refractivity contribution in [3.63, 3.8) is 0 Å². The van der Waals surface area contributed by atoms with Gasteiger partial charge in [-0.2, -0.15) is 13.2 Å². The van der Waals surface area contributed by atoms with Gasteiger partial charge < -0.3 is 15.6 Å². The first-order chi connectivity index (χ1) is 15.1. The summed E-state index contributed by atoms with van der Waals surface area (Å²) >= 11 is 0. The van der Waals surface area contributed by atoms with E-state index in [1.807, 2.05) is 30.3 Å². The van der Waals surface area contributed by atoms with Gasteiger partial charge in [-0.25, -0.2) is 4.98 Å². The number of benzene rings is 1. The third kappa shape index (κ3) is 4.95. The van der Waals surface area contributed by atoms with E-state index in [-0.39, 0.29) is 17.7 Å². The number of nitrogens with one attached hydrogen (secondary N) is 3. The van der Waals surface area contributed by atoms with Crippen LogP contribution in [0.4, 0.5) is 30.4 Å². The Kier molecular flexibility index (Phi) is 5.71. The first kappa shape index (κ1) is 21.9. The predicted octanol–water partition coefficient (Wildman–Crippen LogP) is 6.34. The number of aromatic nitrogens is 2. The number of aromatic amines is 1. The second kappa shape index (κ2) is 8.33. The zero-order valence-corrected chi connectivity index (χ0v) is 17.9. The van der Waals surface area contributed by atoms with Gasteiger partial charge in [0.1, 0.15) is 5.82 Å². The number of rotatable bonds is 6. The maximum Gasteiger partial charge on any atom is 0.390 e. The van der Waals surface area contributed by atoms with Crippen molar-refractivity contribution < 1.29 is 18.0 Å². The maximum atomic E-state index is 13.1. The molecule has 5 nitrogen and oxygen atoms in total. The zero-order chi connectivity index (χ0) is 22.9. The first-order valence-electron chi connectivity index (χ1n) is 10.5. The molecule has 3 N–H and O–H groups in total. The van der Waals surface area contributed by atoms with Crippen LogP contribution in [0.25, 0.3) is 11.3 Å². The third-order valence-corrected chi connectivity index (χ3v) is 5.46. The van der Waals surface area contributed by atoms with Gasteiger partial charge in [0, 0.05) is 36.1 Å². The number of pyridine rings is 1. The summed E-state index contributed by atoms with van der Waals surface area (Å²) in [4.78, 5) is 20.6. The lowest BCUT2D eigenvalue weighted by molar-refractivity contribution is -0.131. The number of carbonyl (C=O) groups is 1. The van der Waals surface area contributed by atoms with Crippen LogP contribution in [0.5, 0.6) is 0 Å². The van der Waals surface area contributed by atoms with Crippen LogP contribution in [0, 0.1) is 5.41 Å². The van der Waals surface area contributed by atoms with Gasteiger partial charge in [-0.05, 0) is 36.1 Å². The number of ketones is 1. The number of hydrogen-bond donors (Lipinski definition) is 3. The average molecular weight is 442 g/mol. The number of H-pyrrole nitrogens is 1. The molecule has 2 heterocycles. The number of para-hydroxylation sites is 1. The lowest BCUT2D eigenvalue weighted by Gasteiger charge is -2.28. The monoisotopic (exact) mass is 442 g/mol. The SMILES string of the molecule is CC1(C)CC(=O)c2c([nH]c(-c3ccnc(NCCC(F)(F)F)c3)c2Nc2ccccc2)C1. The highest BCUT2D eigenvalue weighted by atomic mass is 19.4. The van der Waals surface area contributed by atoms with E-state index in [0.29, 0.717) is 29.2 Å². The molecule has 0 saturated heterocycles. The highest BCUT2D eigenvalue weighted by molar-refractivity contribution is 6.07. The Morgan fingerprint density at radius 1 is 1.12 bits per heavy atom. The van der Waals surface area contributed by atoms with Crippen LogP contribution in [0.15, 0.2) is 48.7 Å². The summed E-state index contributed by atoms with van der Waals surface area (Å²) in [6.45, 7) is 3.87. The molecule has 1 aliphatic carbocycles. The topological polar surface area (TPSA) is 69.8 Å². The van der Waals surface area contributed by atoms with Gasteiger partial charge in [0.05, 0.1) is 23.4 Å². The Bertz CT molecular complexity index is 1120. The van der Waals surface area contributed by atoms with Gasteiger partial charge in [-0.3, -0.25) is 4.79 Å². The standard InChI is InChI=1S/C24H25F3N4O/c1-23(2)13-17-20(18(32)14-23)22(30-16-6-4-3-5-7-16)21(31-17)15-8-10-28-19(12-15)29-11-9-24(25,26)27/h3-8,10,12,30-31H,9,11,13-14H2,1-2H3,(H,28,29). The smallest absolute Gasteiger partial charge is 0.370 e. The average Bonchev–Trinajstić information content (AvgIpc) is 3.05. The Hall–Kier alpha value is -3.29. The van der Waals surface area contributed by atoms with Crippen molar-refractivity contribution in [3.05, 3.63) is 59.9 Å². The second-order valence-electron chi connectivity index (χ2n) is 8.88. The molecule has 0 fully saturated rings. The minimum atomic E-state index is -4.23. The fourth-order valence-electron chi connectivity index (χ4n) is 4.08. The quantitative estimate of drug-likeness (QED) is 0.417. The second-order valence-corrected chi connectivity index (χ2v) is 8.88. The summed E-state index contributed by atoms with van der Waals surface area (Å²) in [7, 11) is 0. The molecule has 0 saturated carbocycles. The lowest BCUT2D eigenvalue weighted by Crippen LogP contribution is -2.26. The molecule has 2 aromatic heterocycles. The van der Waals surface area contributed by atoms with Crippen molar-refractivity contribution in [1.29, 1.82) is 0 Å². The normalized spacial score (nSPS) is 15.3. The molecule has 0 spiro atoms. The van der Waals surface area contributed by atoms with Crippen LogP contribution in [0.2, 0.25) is 0 Å². The Labute approximate surface area is 184 Å². The molecule has 1 aliphatic rings. The van der Waals surface area contributed by atoms with E-state index in [4.69, 9.17) is 0 Å². The van der Waals surface area contributed by atoms with Crippen LogP contribution in [0.1, 0.15) is 42.7 Å². The molecule has 0 bridgehead atoms.